The third-order valence-electron chi connectivity index (χ3n) is 5.73. The van der Waals surface area contributed by atoms with Crippen molar-refractivity contribution in [3.63, 3.8) is 0 Å². The van der Waals surface area contributed by atoms with Gasteiger partial charge < -0.3 is 14.9 Å². The highest BCUT2D eigenvalue weighted by atomic mass is 32.1. The van der Waals surface area contributed by atoms with Crippen molar-refractivity contribution in [2.45, 2.75) is 25.1 Å². The molecule has 0 unspecified atom stereocenters. The van der Waals surface area contributed by atoms with E-state index in [0.717, 1.165) is 29.5 Å². The number of hydrogen-bond acceptors (Lipinski definition) is 6. The molecule has 1 atom stereocenters. The number of aromatic nitrogens is 2. The number of benzene rings is 2. The SMILES string of the molecule is OCCN[C@@H]1CCc2c(-c3noc(-c4cc(-c5ccccc5)c(C(F)(F)F)s4)n3)cccc21. The van der Waals surface area contributed by atoms with Crippen LogP contribution in [0.2, 0.25) is 0 Å². The van der Waals surface area contributed by atoms with Crippen molar-refractivity contribution < 1.29 is 22.8 Å². The van der Waals surface area contributed by atoms with Crippen LogP contribution in [-0.2, 0) is 12.6 Å². The maximum Gasteiger partial charge on any atom is 0.426 e. The van der Waals surface area contributed by atoms with Crippen LogP contribution in [-0.4, -0.2) is 28.4 Å². The number of rotatable bonds is 6. The fourth-order valence-electron chi connectivity index (χ4n) is 4.29. The van der Waals surface area contributed by atoms with Crippen LogP contribution in [0.1, 0.15) is 28.5 Å². The van der Waals surface area contributed by atoms with E-state index in [4.69, 9.17) is 9.63 Å². The maximum absolute atomic E-state index is 13.7. The average molecular weight is 472 g/mol. The van der Waals surface area contributed by atoms with E-state index in [9.17, 15) is 13.2 Å². The van der Waals surface area contributed by atoms with E-state index in [1.807, 2.05) is 18.2 Å². The van der Waals surface area contributed by atoms with Gasteiger partial charge in [-0.3, -0.25) is 0 Å². The Balaban J connectivity index is 1.51. The summed E-state index contributed by atoms with van der Waals surface area (Å²) in [5, 5.41) is 16.5. The minimum atomic E-state index is -4.49. The Kier molecular flexibility index (Phi) is 5.77. The number of thiophene rings is 1. The predicted octanol–water partition coefficient (Wildman–Crippen LogP) is 5.72. The average Bonchev–Trinajstić information content (AvgIpc) is 3.55. The number of halogens is 3. The lowest BCUT2D eigenvalue weighted by Gasteiger charge is -2.13. The standard InChI is InChI=1S/C24H20F3N3O2S/c25-24(26,27)21-18(14-5-2-1-3-6-14)13-20(33-21)23-29-22(30-32-23)17-8-4-7-16-15(17)9-10-19(16)28-11-12-31/h1-8,13,19,28,31H,9-12H2/t19-/m1/s1. The van der Waals surface area contributed by atoms with E-state index >= 15 is 0 Å². The second-order valence-electron chi connectivity index (χ2n) is 7.78. The lowest BCUT2D eigenvalue weighted by molar-refractivity contribution is -0.133. The summed E-state index contributed by atoms with van der Waals surface area (Å²) in [4.78, 5) is 4.03. The number of nitrogens with zero attached hydrogens (tertiary/aromatic N) is 2. The molecule has 33 heavy (non-hydrogen) atoms. The zero-order chi connectivity index (χ0) is 23.0. The first-order valence-electron chi connectivity index (χ1n) is 10.5. The maximum atomic E-state index is 13.7. The molecule has 0 fully saturated rings. The van der Waals surface area contributed by atoms with Crippen molar-refractivity contribution >= 4 is 11.3 Å². The molecule has 5 rings (SSSR count). The van der Waals surface area contributed by atoms with Crippen molar-refractivity contribution in [1.29, 1.82) is 0 Å². The molecule has 0 aliphatic heterocycles. The Hall–Kier alpha value is -3.01. The first-order chi connectivity index (χ1) is 16.0. The van der Waals surface area contributed by atoms with Gasteiger partial charge in [-0.25, -0.2) is 0 Å². The third-order valence-corrected chi connectivity index (χ3v) is 6.89. The normalized spacial score (nSPS) is 15.7. The zero-order valence-electron chi connectivity index (χ0n) is 17.4. The van der Waals surface area contributed by atoms with Crippen LogP contribution in [0, 0.1) is 0 Å². The molecule has 0 radical (unpaired) electrons. The van der Waals surface area contributed by atoms with Crippen LogP contribution in [0.4, 0.5) is 13.2 Å². The Labute approximate surface area is 191 Å². The molecule has 5 nitrogen and oxygen atoms in total. The number of hydrogen-bond donors (Lipinski definition) is 2. The van der Waals surface area contributed by atoms with Gasteiger partial charge in [0.2, 0.25) is 5.82 Å². The minimum absolute atomic E-state index is 0.0609. The summed E-state index contributed by atoms with van der Waals surface area (Å²) in [6, 6.07) is 15.9. The topological polar surface area (TPSA) is 71.2 Å². The van der Waals surface area contributed by atoms with Crippen LogP contribution < -0.4 is 5.32 Å². The van der Waals surface area contributed by atoms with Crippen LogP contribution >= 0.6 is 11.3 Å². The summed E-state index contributed by atoms with van der Waals surface area (Å²) in [7, 11) is 0. The van der Waals surface area contributed by atoms with Crippen LogP contribution in [0.25, 0.3) is 33.3 Å². The highest BCUT2D eigenvalue weighted by Crippen LogP contribution is 2.46. The van der Waals surface area contributed by atoms with E-state index in [1.54, 1.807) is 30.3 Å². The summed E-state index contributed by atoms with van der Waals surface area (Å²) in [5.41, 5.74) is 3.60. The fourth-order valence-corrected chi connectivity index (χ4v) is 5.26. The van der Waals surface area contributed by atoms with E-state index in [-0.39, 0.29) is 29.0 Å². The first kappa shape index (κ1) is 21.8. The van der Waals surface area contributed by atoms with Crippen molar-refractivity contribution in [2.75, 3.05) is 13.2 Å². The molecule has 1 aliphatic carbocycles. The summed E-state index contributed by atoms with van der Waals surface area (Å²) in [6.45, 7) is 0.565. The van der Waals surface area contributed by atoms with Crippen LogP contribution in [0.5, 0.6) is 0 Å². The quantitative estimate of drug-likeness (QED) is 0.376. The Morgan fingerprint density at radius 2 is 1.91 bits per heavy atom. The zero-order valence-corrected chi connectivity index (χ0v) is 18.2. The predicted molar refractivity (Wildman–Crippen MR) is 120 cm³/mol. The summed E-state index contributed by atoms with van der Waals surface area (Å²) >= 11 is 0.603. The molecule has 2 aromatic heterocycles. The van der Waals surface area contributed by atoms with Gasteiger partial charge in [0, 0.05) is 23.7 Å². The van der Waals surface area contributed by atoms with Crippen molar-refractivity contribution in [3.05, 3.63) is 70.6 Å². The summed E-state index contributed by atoms with van der Waals surface area (Å²) in [6.07, 6.45) is -2.79. The number of alkyl halides is 3. The smallest absolute Gasteiger partial charge is 0.395 e. The molecular formula is C24H20F3N3O2S. The number of fused-ring (bicyclic) bond motifs is 1. The minimum Gasteiger partial charge on any atom is -0.395 e. The van der Waals surface area contributed by atoms with E-state index in [0.29, 0.717) is 29.3 Å². The van der Waals surface area contributed by atoms with E-state index < -0.39 is 11.1 Å². The summed E-state index contributed by atoms with van der Waals surface area (Å²) < 4.78 is 46.6. The number of nitrogens with one attached hydrogen (secondary N) is 1. The van der Waals surface area contributed by atoms with Crippen molar-refractivity contribution in [2.24, 2.45) is 0 Å². The summed E-state index contributed by atoms with van der Waals surface area (Å²) in [5.74, 6) is 0.418. The van der Waals surface area contributed by atoms with Gasteiger partial charge in [0.05, 0.1) is 11.5 Å². The molecule has 2 N–H and O–H groups in total. The Morgan fingerprint density at radius 1 is 1.09 bits per heavy atom. The monoisotopic (exact) mass is 471 g/mol. The Morgan fingerprint density at radius 3 is 2.67 bits per heavy atom. The second kappa shape index (κ2) is 8.74. The molecule has 4 aromatic rings. The lowest BCUT2D eigenvalue weighted by Crippen LogP contribution is -2.22. The molecule has 0 saturated heterocycles. The third kappa shape index (κ3) is 4.19. The molecular weight excluding hydrogens is 451 g/mol. The second-order valence-corrected chi connectivity index (χ2v) is 8.83. The molecule has 9 heteroatoms. The van der Waals surface area contributed by atoms with Gasteiger partial charge in [0.1, 0.15) is 4.88 Å². The molecule has 170 valence electrons. The molecule has 0 saturated carbocycles. The molecule has 0 bridgehead atoms. The molecule has 2 aromatic carbocycles. The van der Waals surface area contributed by atoms with E-state index in [1.165, 1.54) is 6.07 Å². The molecule has 0 spiro atoms. The largest absolute Gasteiger partial charge is 0.426 e. The van der Waals surface area contributed by atoms with Gasteiger partial charge in [-0.1, -0.05) is 53.7 Å². The van der Waals surface area contributed by atoms with Crippen LogP contribution in [0.3, 0.4) is 0 Å². The highest BCUT2D eigenvalue weighted by Gasteiger charge is 2.37. The Bertz CT molecular complexity index is 1270. The van der Waals surface area contributed by atoms with Gasteiger partial charge in [0.15, 0.2) is 0 Å². The molecule has 0 amide bonds. The lowest BCUT2D eigenvalue weighted by atomic mass is 10.0. The molecule has 2 heterocycles. The van der Waals surface area contributed by atoms with Crippen LogP contribution in [0.15, 0.2) is 59.1 Å². The van der Waals surface area contributed by atoms with Crippen molar-refractivity contribution in [1.82, 2.24) is 15.5 Å². The van der Waals surface area contributed by atoms with Gasteiger partial charge in [-0.05, 0) is 35.6 Å². The van der Waals surface area contributed by atoms with Crippen molar-refractivity contribution in [3.8, 4) is 33.3 Å². The van der Waals surface area contributed by atoms with E-state index in [2.05, 4.69) is 15.5 Å². The van der Waals surface area contributed by atoms with Gasteiger partial charge in [0.25, 0.3) is 5.89 Å². The van der Waals surface area contributed by atoms with Gasteiger partial charge in [-0.2, -0.15) is 18.2 Å². The number of aliphatic hydroxyl groups is 1. The molecule has 1 aliphatic rings. The highest BCUT2D eigenvalue weighted by molar-refractivity contribution is 7.16. The number of aliphatic hydroxyl groups excluding tert-OH is 1. The fraction of sp³-hybridized carbons (Fsp3) is 0.250. The first-order valence-corrected chi connectivity index (χ1v) is 11.3. The van der Waals surface area contributed by atoms with Gasteiger partial charge in [-0.15, -0.1) is 11.3 Å². The van der Waals surface area contributed by atoms with Gasteiger partial charge >= 0.3 is 6.18 Å².